The number of hydrogen-bond acceptors (Lipinski definition) is 2. The number of benzene rings is 2. The van der Waals surface area contributed by atoms with E-state index in [1.165, 1.54) is 17.7 Å². The van der Waals surface area contributed by atoms with Gasteiger partial charge in [-0.1, -0.05) is 17.7 Å². The molecule has 3 rings (SSSR count). The van der Waals surface area contributed by atoms with Crippen molar-refractivity contribution in [2.24, 2.45) is 9.98 Å². The summed E-state index contributed by atoms with van der Waals surface area (Å²) in [5.41, 5.74) is 4.97. The molecule has 3 nitrogen and oxygen atoms in total. The molecule has 2 aromatic carbocycles. The molecule has 166 valence electrons. The Labute approximate surface area is 194 Å². The van der Waals surface area contributed by atoms with Crippen LogP contribution in [0.2, 0.25) is 0 Å². The third kappa shape index (κ3) is 7.85. The van der Waals surface area contributed by atoms with Crippen molar-refractivity contribution in [1.29, 1.82) is 0 Å². The number of alkyl halides is 3. The maximum atomic E-state index is 12.6. The molecule has 9 heteroatoms. The van der Waals surface area contributed by atoms with E-state index in [0.717, 1.165) is 34.9 Å². The Morgan fingerprint density at radius 2 is 1.16 bits per heavy atom. The van der Waals surface area contributed by atoms with Crippen molar-refractivity contribution in [2.45, 2.75) is 26.9 Å². The predicted octanol–water partition coefficient (Wildman–Crippen LogP) is 8.00. The first kappa shape index (κ1) is 25.2. The van der Waals surface area contributed by atoms with Gasteiger partial charge in [-0.3, -0.25) is 9.98 Å². The van der Waals surface area contributed by atoms with E-state index in [2.05, 4.69) is 15.0 Å². The number of aliphatic imine (C=N–C) groups is 2. The van der Waals surface area contributed by atoms with Crippen molar-refractivity contribution in [3.63, 3.8) is 0 Å². The van der Waals surface area contributed by atoms with Gasteiger partial charge in [-0.05, 0) is 69.3 Å². The van der Waals surface area contributed by atoms with Crippen LogP contribution in [0, 0.1) is 6.92 Å². The Morgan fingerprint density at radius 1 is 0.774 bits per heavy atom. The zero-order valence-corrected chi connectivity index (χ0v) is 19.5. The molecule has 0 amide bonds. The van der Waals surface area contributed by atoms with E-state index >= 15 is 0 Å². The van der Waals surface area contributed by atoms with Crippen LogP contribution in [-0.4, -0.2) is 16.4 Å². The molecule has 0 bridgehead atoms. The van der Waals surface area contributed by atoms with Gasteiger partial charge >= 0.3 is 39.5 Å². The van der Waals surface area contributed by atoms with E-state index in [9.17, 15) is 13.2 Å². The molecule has 0 unspecified atom stereocenters. The van der Waals surface area contributed by atoms with Gasteiger partial charge < -0.3 is 4.98 Å². The standard InChI is InChI=1S/C22H20F3N3.2ClH.Fe/c1-14-4-8-18(9-5-14)26-15(2)20-12-13-21(28-20)16(3)27-19-10-6-17(7-11-19)22(23,24)25;;;/h4-13,28H,1-3H3;2*1H;/q;;;+2/p-2. The summed E-state index contributed by atoms with van der Waals surface area (Å²) in [6.07, 6.45) is -4.35. The van der Waals surface area contributed by atoms with Gasteiger partial charge in [0.15, 0.2) is 0 Å². The molecule has 0 atom stereocenters. The van der Waals surface area contributed by atoms with Crippen LogP contribution in [0.4, 0.5) is 24.5 Å². The van der Waals surface area contributed by atoms with Gasteiger partial charge in [0, 0.05) is 0 Å². The molecule has 31 heavy (non-hydrogen) atoms. The molecule has 0 saturated heterocycles. The van der Waals surface area contributed by atoms with E-state index in [1.807, 2.05) is 50.2 Å². The SMILES string of the molecule is CC(=Nc1ccc(C)cc1)c1ccc(C(C)=Nc2ccc(C(F)(F)F)cc2)[nH]1.[Cl][Fe][Cl]. The number of nitrogens with one attached hydrogen (secondary N) is 1. The zero-order chi connectivity index (χ0) is 23.0. The molecule has 0 fully saturated rings. The second-order valence-electron chi connectivity index (χ2n) is 6.61. The molecule has 1 aromatic heterocycles. The van der Waals surface area contributed by atoms with Crippen LogP contribution in [0.3, 0.4) is 0 Å². The summed E-state index contributed by atoms with van der Waals surface area (Å²) in [7, 11) is 9.53. The number of rotatable bonds is 4. The molecule has 3 aromatic rings. The molecule has 1 heterocycles. The second kappa shape index (κ2) is 11.5. The Kier molecular flexibility index (Phi) is 9.38. The quantitative estimate of drug-likeness (QED) is 0.273. The normalized spacial score (nSPS) is 12.5. The second-order valence-corrected chi connectivity index (χ2v) is 8.43. The maximum absolute atomic E-state index is 12.6. The Hall–Kier alpha value is -2.05. The van der Waals surface area contributed by atoms with E-state index < -0.39 is 11.7 Å². The molecule has 0 aliphatic rings. The summed E-state index contributed by atoms with van der Waals surface area (Å²) in [4.78, 5) is 12.3. The van der Waals surface area contributed by atoms with E-state index in [4.69, 9.17) is 20.2 Å². The number of aromatic nitrogens is 1. The molecule has 0 spiro atoms. The first-order chi connectivity index (χ1) is 14.6. The van der Waals surface area contributed by atoms with Gasteiger partial charge in [0.2, 0.25) is 0 Å². The zero-order valence-electron chi connectivity index (χ0n) is 16.9. The number of H-pyrrole nitrogens is 1. The molecular weight excluding hydrogens is 490 g/mol. The monoisotopic (exact) mass is 509 g/mol. The van der Waals surface area contributed by atoms with Crippen LogP contribution in [0.25, 0.3) is 0 Å². The summed E-state index contributed by atoms with van der Waals surface area (Å²) < 4.78 is 37.9. The van der Waals surface area contributed by atoms with Crippen molar-refractivity contribution >= 4 is 43.0 Å². The summed E-state index contributed by atoms with van der Waals surface area (Å²) in [5, 5.41) is 0. The molecule has 0 aliphatic heterocycles. The Balaban J connectivity index is 0.00000107. The Morgan fingerprint density at radius 3 is 1.55 bits per heavy atom. The fourth-order valence-electron chi connectivity index (χ4n) is 2.67. The molecule has 0 radical (unpaired) electrons. The number of aryl methyl sites for hydroxylation is 1. The minimum absolute atomic E-state index is 0.194. The van der Waals surface area contributed by atoms with Crippen LogP contribution in [-0.2, 0) is 19.3 Å². The fourth-order valence-corrected chi connectivity index (χ4v) is 2.67. The van der Waals surface area contributed by atoms with Crippen molar-refractivity contribution in [3.8, 4) is 0 Å². The third-order valence-corrected chi connectivity index (χ3v) is 4.29. The summed E-state index contributed by atoms with van der Waals surface area (Å²) in [6, 6.07) is 16.5. The van der Waals surface area contributed by atoms with E-state index in [0.29, 0.717) is 11.4 Å². The van der Waals surface area contributed by atoms with Gasteiger partial charge in [-0.15, -0.1) is 0 Å². The van der Waals surface area contributed by atoms with Crippen LogP contribution in [0.1, 0.15) is 36.4 Å². The van der Waals surface area contributed by atoms with E-state index in [1.54, 1.807) is 6.92 Å². The van der Waals surface area contributed by atoms with Crippen LogP contribution in [0.5, 0.6) is 0 Å². The first-order valence-electron chi connectivity index (χ1n) is 9.03. The van der Waals surface area contributed by atoms with Crippen molar-refractivity contribution in [3.05, 3.63) is 83.2 Å². The summed E-state index contributed by atoms with van der Waals surface area (Å²) >= 11 is 0.194. The fraction of sp³-hybridized carbons (Fsp3) is 0.182. The minimum atomic E-state index is -4.35. The predicted molar refractivity (Wildman–Crippen MR) is 119 cm³/mol. The van der Waals surface area contributed by atoms with Crippen LogP contribution < -0.4 is 0 Å². The molecule has 0 aliphatic carbocycles. The van der Waals surface area contributed by atoms with Gasteiger partial charge in [0.05, 0.1) is 39.7 Å². The third-order valence-electron chi connectivity index (χ3n) is 4.29. The number of hydrogen-bond donors (Lipinski definition) is 1. The van der Waals surface area contributed by atoms with Gasteiger partial charge in [0.1, 0.15) is 0 Å². The van der Waals surface area contributed by atoms with Crippen molar-refractivity contribution in [1.82, 2.24) is 4.98 Å². The number of halogens is 5. The van der Waals surface area contributed by atoms with Gasteiger partial charge in [-0.25, -0.2) is 0 Å². The van der Waals surface area contributed by atoms with Crippen LogP contribution >= 0.6 is 20.2 Å². The molecular formula is C22H20Cl2F3FeN3. The molecule has 0 saturated carbocycles. The average molecular weight is 510 g/mol. The summed E-state index contributed by atoms with van der Waals surface area (Å²) in [6.45, 7) is 5.74. The molecule has 1 N–H and O–H groups in total. The van der Waals surface area contributed by atoms with E-state index in [-0.39, 0.29) is 13.1 Å². The topological polar surface area (TPSA) is 40.5 Å². The Bertz CT molecular complexity index is 1040. The number of nitrogens with zero attached hydrogens (tertiary/aromatic N) is 2. The van der Waals surface area contributed by atoms with Crippen molar-refractivity contribution in [2.75, 3.05) is 0 Å². The van der Waals surface area contributed by atoms with Gasteiger partial charge in [0.25, 0.3) is 0 Å². The van der Waals surface area contributed by atoms with Crippen molar-refractivity contribution < 1.29 is 26.3 Å². The average Bonchev–Trinajstić information content (AvgIpc) is 3.21. The number of aromatic amines is 1. The van der Waals surface area contributed by atoms with Crippen LogP contribution in [0.15, 0.2) is 70.6 Å². The summed E-state index contributed by atoms with van der Waals surface area (Å²) in [5.74, 6) is 0. The first-order valence-corrected chi connectivity index (χ1v) is 12.1. The van der Waals surface area contributed by atoms with Gasteiger partial charge in [-0.2, -0.15) is 13.2 Å².